The second kappa shape index (κ2) is 32.6. The van der Waals surface area contributed by atoms with Gasteiger partial charge in [0.1, 0.15) is 0 Å². The molecule has 0 fully saturated rings. The zero-order valence-electron chi connectivity index (χ0n) is 27.4. The number of carboxylic acid groups (broad SMARTS) is 2. The Morgan fingerprint density at radius 1 is 0.442 bits per heavy atom. The Morgan fingerprint density at radius 2 is 0.698 bits per heavy atom. The van der Waals surface area contributed by atoms with E-state index in [2.05, 4.69) is 62.4 Å². The maximum atomic E-state index is 10.2. The number of benzene rings is 2. The first-order chi connectivity index (χ1) is 21.0. The lowest BCUT2D eigenvalue weighted by molar-refractivity contribution is -0.138. The van der Waals surface area contributed by atoms with Crippen molar-refractivity contribution in [3.8, 4) is 0 Å². The molecule has 4 nitrogen and oxygen atoms in total. The molecule has 0 aliphatic carbocycles. The molecule has 43 heavy (non-hydrogen) atoms. The van der Waals surface area contributed by atoms with Gasteiger partial charge in [-0.3, -0.25) is 9.59 Å². The highest BCUT2D eigenvalue weighted by molar-refractivity contribution is 7.99. The molecule has 0 heterocycles. The third kappa shape index (κ3) is 32.5. The molecule has 2 N–H and O–H groups in total. The fourth-order valence-corrected chi connectivity index (χ4v) is 5.50. The predicted octanol–water partition coefficient (Wildman–Crippen LogP) is 12.6. The summed E-state index contributed by atoms with van der Waals surface area (Å²) in [6.07, 6.45) is 25.8. The van der Waals surface area contributed by atoms with Crippen molar-refractivity contribution in [1.29, 1.82) is 0 Å². The van der Waals surface area contributed by atoms with Crippen LogP contribution in [0, 0.1) is 0 Å². The Morgan fingerprint density at radius 3 is 0.953 bits per heavy atom. The highest BCUT2D eigenvalue weighted by atomic mass is 32.2. The number of rotatable bonds is 24. The predicted molar refractivity (Wildman–Crippen MR) is 185 cm³/mol. The molecule has 0 amide bonds. The van der Waals surface area contributed by atoms with Crippen molar-refractivity contribution >= 4 is 23.7 Å². The monoisotopic (exact) mass is 614 g/mol. The Hall–Kier alpha value is -2.27. The normalized spacial score (nSPS) is 10.3. The van der Waals surface area contributed by atoms with E-state index in [0.29, 0.717) is 12.8 Å². The van der Waals surface area contributed by atoms with Crippen LogP contribution in [0.25, 0.3) is 0 Å². The van der Waals surface area contributed by atoms with Gasteiger partial charge in [0, 0.05) is 22.6 Å². The molecule has 0 bridgehead atoms. The van der Waals surface area contributed by atoms with Crippen LogP contribution in [0.5, 0.6) is 0 Å². The Labute approximate surface area is 268 Å². The van der Waals surface area contributed by atoms with Crippen molar-refractivity contribution in [2.24, 2.45) is 0 Å². The van der Waals surface area contributed by atoms with E-state index in [1.165, 1.54) is 113 Å². The van der Waals surface area contributed by atoms with Gasteiger partial charge in [0.25, 0.3) is 0 Å². The molecule has 0 atom stereocenters. The van der Waals surface area contributed by atoms with Crippen LogP contribution in [0.1, 0.15) is 155 Å². The van der Waals surface area contributed by atoms with Gasteiger partial charge in [-0.15, -0.1) is 0 Å². The van der Waals surface area contributed by atoms with Gasteiger partial charge < -0.3 is 10.2 Å². The van der Waals surface area contributed by atoms with Gasteiger partial charge >= 0.3 is 11.9 Å². The zero-order chi connectivity index (χ0) is 31.6. The molecule has 2 aromatic rings. The number of aliphatic carboxylic acids is 2. The summed E-state index contributed by atoms with van der Waals surface area (Å²) in [6.45, 7) is 4.48. The molecule has 244 valence electrons. The van der Waals surface area contributed by atoms with E-state index < -0.39 is 11.9 Å². The van der Waals surface area contributed by atoms with Crippen LogP contribution in [-0.2, 0) is 9.59 Å². The highest BCUT2D eigenvalue weighted by Crippen LogP contribution is 2.26. The molecule has 0 aliphatic rings. The Kier molecular flexibility index (Phi) is 30.9. The second-order valence-electron chi connectivity index (χ2n) is 11.4. The van der Waals surface area contributed by atoms with Crippen LogP contribution in [0.4, 0.5) is 0 Å². The summed E-state index contributed by atoms with van der Waals surface area (Å²) < 4.78 is 0. The van der Waals surface area contributed by atoms with Gasteiger partial charge in [-0.1, -0.05) is 178 Å². The average Bonchev–Trinajstić information content (AvgIpc) is 3.00. The highest BCUT2D eigenvalue weighted by Gasteiger charge is 1.98. The van der Waals surface area contributed by atoms with E-state index in [1.807, 2.05) is 12.1 Å². The fourth-order valence-electron chi connectivity index (χ4n) is 4.64. The standard InChI is InChI=1S/2C13H26O2.C12H10S/c2*1-2-3-4-5-6-7-8-9-10-11-12-13(14)15;1-3-7-11(8-4-1)13-12-9-5-2-6-10-12/h2*2-12H2,1H3,(H,14,15);1-10H. The third-order valence-electron chi connectivity index (χ3n) is 7.21. The van der Waals surface area contributed by atoms with E-state index in [0.717, 1.165) is 25.7 Å². The summed E-state index contributed by atoms with van der Waals surface area (Å²) in [5.41, 5.74) is 0. The van der Waals surface area contributed by atoms with Crippen molar-refractivity contribution < 1.29 is 19.8 Å². The maximum Gasteiger partial charge on any atom is 0.303 e. The molecule has 0 spiro atoms. The molecule has 5 heteroatoms. The zero-order valence-corrected chi connectivity index (χ0v) is 28.3. The molecular weight excluding hydrogens is 552 g/mol. The largest absolute Gasteiger partial charge is 0.481 e. The first-order valence-corrected chi connectivity index (χ1v) is 18.0. The van der Waals surface area contributed by atoms with Crippen LogP contribution in [0.15, 0.2) is 70.5 Å². The summed E-state index contributed by atoms with van der Waals surface area (Å²) >= 11 is 1.79. The van der Waals surface area contributed by atoms with Gasteiger partial charge in [0.05, 0.1) is 0 Å². The minimum Gasteiger partial charge on any atom is -0.481 e. The molecule has 2 aromatic carbocycles. The van der Waals surface area contributed by atoms with E-state index in [9.17, 15) is 9.59 Å². The van der Waals surface area contributed by atoms with Crippen molar-refractivity contribution in [3.05, 3.63) is 60.7 Å². The first kappa shape index (κ1) is 40.7. The summed E-state index contributed by atoms with van der Waals surface area (Å²) in [5, 5.41) is 16.9. The summed E-state index contributed by atoms with van der Waals surface area (Å²) in [7, 11) is 0. The lowest BCUT2D eigenvalue weighted by atomic mass is 10.1. The molecule has 0 radical (unpaired) electrons. The minimum absolute atomic E-state index is 0.344. The van der Waals surface area contributed by atoms with Crippen molar-refractivity contribution in [3.63, 3.8) is 0 Å². The van der Waals surface area contributed by atoms with E-state index in [-0.39, 0.29) is 0 Å². The topological polar surface area (TPSA) is 74.6 Å². The molecule has 0 saturated carbocycles. The van der Waals surface area contributed by atoms with Crippen LogP contribution < -0.4 is 0 Å². The van der Waals surface area contributed by atoms with Gasteiger partial charge in [-0.25, -0.2) is 0 Å². The SMILES string of the molecule is CCCCCCCCCCCCC(=O)O.CCCCCCCCCCCCC(=O)O.c1ccc(Sc2ccccc2)cc1. The Bertz CT molecular complexity index is 785. The van der Waals surface area contributed by atoms with E-state index in [1.54, 1.807) is 11.8 Å². The maximum absolute atomic E-state index is 10.2. The molecule has 2 rings (SSSR count). The molecular formula is C38H62O4S. The molecule has 0 unspecified atom stereocenters. The third-order valence-corrected chi connectivity index (χ3v) is 8.23. The number of carbonyl (C=O) groups is 2. The number of hydrogen-bond acceptors (Lipinski definition) is 3. The fraction of sp³-hybridized carbons (Fsp3) is 0.632. The van der Waals surface area contributed by atoms with Crippen molar-refractivity contribution in [1.82, 2.24) is 0 Å². The quantitative estimate of drug-likeness (QED) is 0.115. The molecule has 0 aromatic heterocycles. The van der Waals surface area contributed by atoms with Gasteiger partial charge in [-0.2, -0.15) is 0 Å². The van der Waals surface area contributed by atoms with Crippen LogP contribution in [0.3, 0.4) is 0 Å². The summed E-state index contributed by atoms with van der Waals surface area (Å²) in [6, 6.07) is 20.8. The first-order valence-electron chi connectivity index (χ1n) is 17.2. The summed E-state index contributed by atoms with van der Waals surface area (Å²) in [4.78, 5) is 23.0. The van der Waals surface area contributed by atoms with E-state index in [4.69, 9.17) is 10.2 Å². The van der Waals surface area contributed by atoms with Crippen molar-refractivity contribution in [2.75, 3.05) is 0 Å². The second-order valence-corrected chi connectivity index (χ2v) is 12.5. The van der Waals surface area contributed by atoms with Gasteiger partial charge in [0.2, 0.25) is 0 Å². The summed E-state index contributed by atoms with van der Waals surface area (Å²) in [5.74, 6) is -1.32. The van der Waals surface area contributed by atoms with E-state index >= 15 is 0 Å². The van der Waals surface area contributed by atoms with Crippen molar-refractivity contribution in [2.45, 2.75) is 165 Å². The lowest BCUT2D eigenvalue weighted by Crippen LogP contribution is -1.93. The van der Waals surface area contributed by atoms with Crippen LogP contribution in [-0.4, -0.2) is 22.2 Å². The van der Waals surface area contributed by atoms with Crippen LogP contribution >= 0.6 is 11.8 Å². The Balaban J connectivity index is 0.000000616. The minimum atomic E-state index is -0.658. The number of hydrogen-bond donors (Lipinski definition) is 2. The number of unbranched alkanes of at least 4 members (excludes halogenated alkanes) is 18. The number of carboxylic acids is 2. The van der Waals surface area contributed by atoms with Gasteiger partial charge in [-0.05, 0) is 37.1 Å². The lowest BCUT2D eigenvalue weighted by Gasteiger charge is -2.01. The average molecular weight is 615 g/mol. The smallest absolute Gasteiger partial charge is 0.303 e. The van der Waals surface area contributed by atoms with Crippen LogP contribution in [0.2, 0.25) is 0 Å². The molecule has 0 saturated heterocycles. The van der Waals surface area contributed by atoms with Gasteiger partial charge in [0.15, 0.2) is 0 Å². The molecule has 0 aliphatic heterocycles.